The third kappa shape index (κ3) is 4.44. The molecule has 2 saturated heterocycles. The van der Waals surface area contributed by atoms with Gasteiger partial charge in [-0.2, -0.15) is 0 Å². The van der Waals surface area contributed by atoms with E-state index in [1.165, 1.54) is 16.4 Å². The number of Topliss-reactive ketones (excluding diaryl/α,β-unsaturated/α-hetero) is 1. The first-order chi connectivity index (χ1) is 15.5. The highest BCUT2D eigenvalue weighted by Gasteiger charge is 2.41. The van der Waals surface area contributed by atoms with Crippen LogP contribution in [0.5, 0.6) is 5.75 Å². The summed E-state index contributed by atoms with van der Waals surface area (Å²) in [5.74, 6) is 1.07. The molecule has 2 atom stereocenters. The molecule has 32 heavy (non-hydrogen) atoms. The molecule has 0 radical (unpaired) electrons. The Bertz CT molecular complexity index is 1110. The van der Waals surface area contributed by atoms with Crippen LogP contribution in [0.15, 0.2) is 48.7 Å². The summed E-state index contributed by atoms with van der Waals surface area (Å²) >= 11 is 8.82. The molecule has 2 fully saturated rings. The first-order valence-corrected chi connectivity index (χ1v) is 12.9. The van der Waals surface area contributed by atoms with E-state index < -0.39 is 0 Å². The molecule has 0 N–H and O–H groups in total. The number of carbonyl (C=O) groups is 1. The van der Waals surface area contributed by atoms with Gasteiger partial charge < -0.3 is 9.30 Å². The van der Waals surface area contributed by atoms with Crippen LogP contribution in [-0.4, -0.2) is 40.0 Å². The summed E-state index contributed by atoms with van der Waals surface area (Å²) in [6.45, 7) is 3.57. The topological polar surface area (TPSA) is 34.5 Å². The number of para-hydroxylation sites is 1. The zero-order valence-corrected chi connectivity index (χ0v) is 21.2. The van der Waals surface area contributed by atoms with Crippen LogP contribution in [0.3, 0.4) is 0 Å². The van der Waals surface area contributed by atoms with E-state index in [0.29, 0.717) is 23.2 Å². The molecule has 3 aromatic rings. The SMILES string of the molecule is CC(=O)c1cn(CCCN2C3CCC2CC(Oc2ccc(I)cc2)C3)c2c(Cl)cccc12. The van der Waals surface area contributed by atoms with E-state index in [4.69, 9.17) is 16.3 Å². The number of fused-ring (bicyclic) bond motifs is 3. The summed E-state index contributed by atoms with van der Waals surface area (Å²) in [6.07, 6.45) is 8.09. The Hall–Kier alpha value is -1.57. The van der Waals surface area contributed by atoms with Gasteiger partial charge in [-0.3, -0.25) is 9.69 Å². The summed E-state index contributed by atoms with van der Waals surface area (Å²) < 4.78 is 9.72. The van der Waals surface area contributed by atoms with E-state index in [2.05, 4.69) is 56.3 Å². The molecular formula is C26H28ClIN2O2. The minimum absolute atomic E-state index is 0.0873. The molecule has 1 aromatic heterocycles. The maximum absolute atomic E-state index is 12.1. The predicted molar refractivity (Wildman–Crippen MR) is 138 cm³/mol. The second-order valence-corrected chi connectivity index (χ2v) is 10.7. The molecule has 6 heteroatoms. The van der Waals surface area contributed by atoms with Crippen molar-refractivity contribution in [2.24, 2.45) is 0 Å². The van der Waals surface area contributed by atoms with Gasteiger partial charge in [0.15, 0.2) is 5.78 Å². The third-order valence-electron chi connectivity index (χ3n) is 7.00. The van der Waals surface area contributed by atoms with Gasteiger partial charge in [-0.05, 0) is 92.0 Å². The van der Waals surface area contributed by atoms with Crippen LogP contribution >= 0.6 is 34.2 Å². The average Bonchev–Trinajstić information content (AvgIpc) is 3.25. The molecule has 2 aromatic carbocycles. The highest BCUT2D eigenvalue weighted by atomic mass is 127. The molecule has 0 spiro atoms. The molecule has 2 aliphatic heterocycles. The normalized spacial score (nSPS) is 23.0. The van der Waals surface area contributed by atoms with Crippen LogP contribution in [0.1, 0.15) is 49.4 Å². The number of halogens is 2. The summed E-state index contributed by atoms with van der Waals surface area (Å²) in [6, 6.07) is 15.4. The summed E-state index contributed by atoms with van der Waals surface area (Å²) in [7, 11) is 0. The monoisotopic (exact) mass is 562 g/mol. The van der Waals surface area contributed by atoms with Crippen LogP contribution in [0, 0.1) is 3.57 Å². The number of benzene rings is 2. The number of nitrogens with zero attached hydrogens (tertiary/aromatic N) is 2. The van der Waals surface area contributed by atoms with E-state index in [1.807, 2.05) is 24.4 Å². The quantitative estimate of drug-likeness (QED) is 0.241. The Morgan fingerprint density at radius 3 is 2.50 bits per heavy atom. The molecule has 3 heterocycles. The maximum atomic E-state index is 12.1. The Labute approximate surface area is 208 Å². The zero-order chi connectivity index (χ0) is 22.2. The fourth-order valence-corrected chi connectivity index (χ4v) is 6.23. The predicted octanol–water partition coefficient (Wildman–Crippen LogP) is 6.57. The molecule has 0 aliphatic carbocycles. The number of piperidine rings is 1. The van der Waals surface area contributed by atoms with Crippen molar-refractivity contribution >= 4 is 50.9 Å². The number of aromatic nitrogens is 1. The largest absolute Gasteiger partial charge is 0.490 e. The van der Waals surface area contributed by atoms with E-state index in [1.54, 1.807) is 6.92 Å². The van der Waals surface area contributed by atoms with Crippen LogP contribution < -0.4 is 4.74 Å². The Kier molecular flexibility index (Phi) is 6.50. The lowest BCUT2D eigenvalue weighted by Gasteiger charge is -2.39. The van der Waals surface area contributed by atoms with Gasteiger partial charge in [0.05, 0.1) is 10.5 Å². The molecule has 2 bridgehead atoms. The van der Waals surface area contributed by atoms with Crippen molar-refractivity contribution in [3.05, 3.63) is 62.8 Å². The van der Waals surface area contributed by atoms with Crippen LogP contribution in [0.4, 0.5) is 0 Å². The third-order valence-corrected chi connectivity index (χ3v) is 8.03. The Balaban J connectivity index is 1.22. The van der Waals surface area contributed by atoms with E-state index >= 15 is 0 Å². The molecule has 168 valence electrons. The molecule has 2 unspecified atom stereocenters. The number of aryl methyl sites for hydroxylation is 1. The first-order valence-electron chi connectivity index (χ1n) is 11.5. The highest BCUT2D eigenvalue weighted by molar-refractivity contribution is 14.1. The number of ether oxygens (including phenoxy) is 1. The number of rotatable bonds is 7. The van der Waals surface area contributed by atoms with Gasteiger partial charge in [0.2, 0.25) is 0 Å². The van der Waals surface area contributed by atoms with Crippen molar-refractivity contribution < 1.29 is 9.53 Å². The summed E-state index contributed by atoms with van der Waals surface area (Å²) in [5.41, 5.74) is 1.74. The second kappa shape index (κ2) is 9.35. The molecule has 0 saturated carbocycles. The minimum Gasteiger partial charge on any atom is -0.490 e. The van der Waals surface area contributed by atoms with Crippen molar-refractivity contribution in [1.82, 2.24) is 9.47 Å². The summed E-state index contributed by atoms with van der Waals surface area (Å²) in [5, 5.41) is 1.67. The van der Waals surface area contributed by atoms with E-state index in [0.717, 1.165) is 54.6 Å². The van der Waals surface area contributed by atoms with Crippen molar-refractivity contribution in [3.63, 3.8) is 0 Å². The lowest BCUT2D eigenvalue weighted by Crippen LogP contribution is -2.46. The van der Waals surface area contributed by atoms with Gasteiger partial charge in [0, 0.05) is 45.9 Å². The molecule has 5 rings (SSSR count). The second-order valence-electron chi connectivity index (χ2n) is 9.07. The fraction of sp³-hybridized carbons (Fsp3) is 0.423. The van der Waals surface area contributed by atoms with Crippen LogP contribution in [0.25, 0.3) is 10.9 Å². The Morgan fingerprint density at radius 2 is 1.81 bits per heavy atom. The van der Waals surface area contributed by atoms with Gasteiger partial charge in [0.1, 0.15) is 11.9 Å². The van der Waals surface area contributed by atoms with Crippen LogP contribution in [0.2, 0.25) is 5.02 Å². The molecular weight excluding hydrogens is 535 g/mol. The number of hydrogen-bond donors (Lipinski definition) is 0. The lowest BCUT2D eigenvalue weighted by atomic mass is 9.99. The number of carbonyl (C=O) groups excluding carboxylic acids is 1. The zero-order valence-electron chi connectivity index (χ0n) is 18.3. The average molecular weight is 563 g/mol. The molecule has 2 aliphatic rings. The highest BCUT2D eigenvalue weighted by Crippen LogP contribution is 2.37. The fourth-order valence-electron chi connectivity index (χ4n) is 5.59. The smallest absolute Gasteiger partial charge is 0.161 e. The van der Waals surface area contributed by atoms with Gasteiger partial charge in [0.25, 0.3) is 0 Å². The van der Waals surface area contributed by atoms with E-state index in [9.17, 15) is 4.79 Å². The lowest BCUT2D eigenvalue weighted by molar-refractivity contribution is 0.0482. The molecule has 0 amide bonds. The van der Waals surface area contributed by atoms with Gasteiger partial charge in [-0.1, -0.05) is 23.7 Å². The van der Waals surface area contributed by atoms with Gasteiger partial charge in [-0.15, -0.1) is 0 Å². The summed E-state index contributed by atoms with van der Waals surface area (Å²) in [4.78, 5) is 14.8. The molecule has 4 nitrogen and oxygen atoms in total. The first kappa shape index (κ1) is 22.2. The minimum atomic E-state index is 0.0873. The van der Waals surface area contributed by atoms with Crippen LogP contribution in [-0.2, 0) is 6.54 Å². The van der Waals surface area contributed by atoms with Crippen molar-refractivity contribution in [3.8, 4) is 5.75 Å². The Morgan fingerprint density at radius 1 is 1.09 bits per heavy atom. The van der Waals surface area contributed by atoms with Crippen molar-refractivity contribution in [1.29, 1.82) is 0 Å². The number of ketones is 1. The van der Waals surface area contributed by atoms with Crippen molar-refractivity contribution in [2.75, 3.05) is 6.54 Å². The standard InChI is InChI=1S/C26H28ClIN2O2/c1-17(31)24-16-29(26-23(24)4-2-5-25(26)27)12-3-13-30-19-8-9-20(30)15-22(14-19)32-21-10-6-18(28)7-11-21/h2,4-7,10-11,16,19-20,22H,3,8-9,12-15H2,1H3. The van der Waals surface area contributed by atoms with Gasteiger partial charge >= 0.3 is 0 Å². The van der Waals surface area contributed by atoms with E-state index in [-0.39, 0.29) is 5.78 Å². The van der Waals surface area contributed by atoms with Crippen molar-refractivity contribution in [2.45, 2.75) is 63.8 Å². The number of hydrogen-bond acceptors (Lipinski definition) is 3. The van der Waals surface area contributed by atoms with Gasteiger partial charge in [-0.25, -0.2) is 0 Å². The maximum Gasteiger partial charge on any atom is 0.161 e.